The molecular formula is C21H20O6. The van der Waals surface area contributed by atoms with Crippen LogP contribution in [0.3, 0.4) is 0 Å². The molecule has 2 aliphatic rings. The van der Waals surface area contributed by atoms with Crippen LogP contribution in [0.25, 0.3) is 11.3 Å². The summed E-state index contributed by atoms with van der Waals surface area (Å²) >= 11 is 0. The highest BCUT2D eigenvalue weighted by molar-refractivity contribution is 6.53. The number of rotatable bonds is 2. The molecule has 2 aromatic rings. The number of ketones is 2. The first kappa shape index (κ1) is 17.7. The van der Waals surface area contributed by atoms with Gasteiger partial charge in [-0.25, -0.2) is 0 Å². The first-order valence-electron chi connectivity index (χ1n) is 8.91. The normalized spacial score (nSPS) is 19.9. The molecule has 6 heteroatoms. The largest absolute Gasteiger partial charge is 0.463 e. The minimum atomic E-state index is -0.647. The summed E-state index contributed by atoms with van der Waals surface area (Å²) in [6.07, 6.45) is 1.91. The molecular weight excluding hydrogens is 348 g/mol. The quantitative estimate of drug-likeness (QED) is 0.647. The van der Waals surface area contributed by atoms with Gasteiger partial charge in [-0.05, 0) is 24.0 Å². The maximum absolute atomic E-state index is 13.0. The molecule has 0 saturated carbocycles. The number of Topliss-reactive ketones (excluding diaryl/α,β-unsaturated/α-hetero) is 2. The predicted octanol–water partition coefficient (Wildman–Crippen LogP) is 2.97. The van der Waals surface area contributed by atoms with Gasteiger partial charge in [-0.15, -0.1) is 0 Å². The average Bonchev–Trinajstić information content (AvgIpc) is 3.04. The van der Waals surface area contributed by atoms with E-state index in [2.05, 4.69) is 0 Å². The molecule has 27 heavy (non-hydrogen) atoms. The van der Waals surface area contributed by atoms with Crippen LogP contribution < -0.4 is 0 Å². The van der Waals surface area contributed by atoms with Crippen LogP contribution in [0.4, 0.5) is 0 Å². The third kappa shape index (κ3) is 2.47. The van der Waals surface area contributed by atoms with Gasteiger partial charge >= 0.3 is 5.97 Å². The Labute approximate surface area is 156 Å². The Bertz CT molecular complexity index is 994. The third-order valence-electron chi connectivity index (χ3n) is 5.71. The molecule has 4 rings (SSSR count). The van der Waals surface area contributed by atoms with E-state index in [-0.39, 0.29) is 12.2 Å². The molecule has 1 atom stereocenters. The number of aliphatic hydroxyl groups excluding tert-OH is 1. The fraction of sp³-hybridized carbons (Fsp3) is 0.381. The van der Waals surface area contributed by atoms with E-state index in [1.165, 1.54) is 13.2 Å². The second-order valence-electron chi connectivity index (χ2n) is 7.69. The van der Waals surface area contributed by atoms with Crippen molar-refractivity contribution in [1.82, 2.24) is 0 Å². The molecule has 1 heterocycles. The number of hydrogen-bond donors (Lipinski definition) is 1. The second-order valence-corrected chi connectivity index (χ2v) is 7.69. The van der Waals surface area contributed by atoms with Crippen LogP contribution in [0.5, 0.6) is 0 Å². The van der Waals surface area contributed by atoms with Crippen molar-refractivity contribution in [3.63, 3.8) is 0 Å². The zero-order valence-corrected chi connectivity index (χ0v) is 15.4. The minimum Gasteiger partial charge on any atom is -0.463 e. The molecule has 140 valence electrons. The van der Waals surface area contributed by atoms with Crippen LogP contribution in [0.2, 0.25) is 0 Å². The maximum atomic E-state index is 13.0. The summed E-state index contributed by atoms with van der Waals surface area (Å²) < 4.78 is 10.6. The number of carbonyl (C=O) groups is 3. The van der Waals surface area contributed by atoms with Crippen molar-refractivity contribution in [2.24, 2.45) is 0 Å². The molecule has 0 bridgehead atoms. The van der Waals surface area contributed by atoms with E-state index in [1.54, 1.807) is 6.07 Å². The van der Waals surface area contributed by atoms with E-state index in [0.717, 1.165) is 11.1 Å². The molecule has 0 spiro atoms. The molecule has 2 aliphatic carbocycles. The zero-order valence-electron chi connectivity index (χ0n) is 15.4. The highest BCUT2D eigenvalue weighted by atomic mass is 16.5. The van der Waals surface area contributed by atoms with E-state index >= 15 is 0 Å². The molecule has 0 saturated heterocycles. The molecule has 0 aliphatic heterocycles. The first-order chi connectivity index (χ1) is 12.7. The molecule has 1 aromatic heterocycles. The Balaban J connectivity index is 1.90. The van der Waals surface area contributed by atoms with Crippen LogP contribution in [0.15, 0.2) is 22.8 Å². The Morgan fingerprint density at radius 2 is 1.96 bits per heavy atom. The number of furan rings is 1. The van der Waals surface area contributed by atoms with Gasteiger partial charge in [0.25, 0.3) is 0 Å². The summed E-state index contributed by atoms with van der Waals surface area (Å²) in [6, 6.07) is 3.67. The molecule has 1 N–H and O–H groups in total. The maximum Gasteiger partial charge on any atom is 0.302 e. The Kier molecular flexibility index (Phi) is 3.85. The lowest BCUT2D eigenvalue weighted by molar-refractivity contribution is -0.142. The van der Waals surface area contributed by atoms with E-state index in [9.17, 15) is 19.5 Å². The number of esters is 1. The number of benzene rings is 1. The van der Waals surface area contributed by atoms with Crippen molar-refractivity contribution in [3.8, 4) is 11.3 Å². The summed E-state index contributed by atoms with van der Waals surface area (Å²) in [5.41, 5.74) is 2.70. The Morgan fingerprint density at radius 1 is 1.26 bits per heavy atom. The van der Waals surface area contributed by atoms with Gasteiger partial charge in [0.15, 0.2) is 0 Å². The molecule has 0 fully saturated rings. The van der Waals surface area contributed by atoms with Gasteiger partial charge in [-0.3, -0.25) is 14.4 Å². The summed E-state index contributed by atoms with van der Waals surface area (Å²) in [7, 11) is 0. The van der Waals surface area contributed by atoms with Gasteiger partial charge in [0, 0.05) is 29.0 Å². The third-order valence-corrected chi connectivity index (χ3v) is 5.71. The lowest BCUT2D eigenvalue weighted by atomic mass is 9.67. The van der Waals surface area contributed by atoms with Crippen molar-refractivity contribution < 1.29 is 28.6 Å². The number of ether oxygens (including phenoxy) is 1. The van der Waals surface area contributed by atoms with E-state index < -0.39 is 29.1 Å². The molecule has 6 nitrogen and oxygen atoms in total. The van der Waals surface area contributed by atoms with Crippen molar-refractivity contribution >= 4 is 17.5 Å². The van der Waals surface area contributed by atoms with Crippen LogP contribution in [-0.4, -0.2) is 28.7 Å². The number of fused-ring (bicyclic) bond motifs is 5. The lowest BCUT2D eigenvalue weighted by Crippen LogP contribution is -2.39. The highest BCUT2D eigenvalue weighted by Crippen LogP contribution is 2.45. The lowest BCUT2D eigenvalue weighted by Gasteiger charge is -2.38. The van der Waals surface area contributed by atoms with Gasteiger partial charge in [-0.2, -0.15) is 0 Å². The molecule has 0 radical (unpaired) electrons. The van der Waals surface area contributed by atoms with E-state index in [4.69, 9.17) is 9.15 Å². The van der Waals surface area contributed by atoms with Crippen LogP contribution in [-0.2, 0) is 28.0 Å². The fourth-order valence-electron chi connectivity index (χ4n) is 4.13. The summed E-state index contributed by atoms with van der Waals surface area (Å²) in [5, 5.41) is 10.4. The minimum absolute atomic E-state index is 0.118. The zero-order chi connectivity index (χ0) is 19.5. The van der Waals surface area contributed by atoms with Crippen molar-refractivity contribution in [2.75, 3.05) is 0 Å². The van der Waals surface area contributed by atoms with Crippen LogP contribution in [0.1, 0.15) is 64.6 Å². The number of carbonyl (C=O) groups excluding carboxylic acids is 3. The number of hydrogen-bond acceptors (Lipinski definition) is 6. The second kappa shape index (κ2) is 5.89. The van der Waals surface area contributed by atoms with Crippen molar-refractivity contribution in [1.29, 1.82) is 0 Å². The van der Waals surface area contributed by atoms with Gasteiger partial charge in [0.05, 0.1) is 17.9 Å². The Morgan fingerprint density at radius 3 is 2.67 bits per heavy atom. The van der Waals surface area contributed by atoms with E-state index in [0.29, 0.717) is 35.3 Å². The topological polar surface area (TPSA) is 93.8 Å². The smallest absolute Gasteiger partial charge is 0.302 e. The number of aliphatic hydroxyl groups is 1. The standard InChI is InChI=1S/C21H20O6/c1-10(22)26-8-11-9-27-20-13-4-6-14-12(5-7-15(23)21(14,2)3)17(13)19(25)18(24)16(11)20/h4,6,9,15,23H,5,7-8H2,1-3H3/t15-/m0/s1. The van der Waals surface area contributed by atoms with Crippen molar-refractivity contribution in [2.45, 2.75) is 51.7 Å². The van der Waals surface area contributed by atoms with Gasteiger partial charge in [0.2, 0.25) is 11.6 Å². The summed E-state index contributed by atoms with van der Waals surface area (Å²) in [4.78, 5) is 36.9. The van der Waals surface area contributed by atoms with Gasteiger partial charge in [0.1, 0.15) is 12.4 Å². The Hall–Kier alpha value is -2.73. The molecule has 1 aromatic carbocycles. The van der Waals surface area contributed by atoms with E-state index in [1.807, 2.05) is 19.9 Å². The molecule has 0 unspecified atom stereocenters. The highest BCUT2D eigenvalue weighted by Gasteiger charge is 2.42. The average molecular weight is 368 g/mol. The van der Waals surface area contributed by atoms with Gasteiger partial charge < -0.3 is 14.3 Å². The fourth-order valence-corrected chi connectivity index (χ4v) is 4.13. The van der Waals surface area contributed by atoms with Crippen molar-refractivity contribution in [3.05, 3.63) is 46.2 Å². The SMILES string of the molecule is CC(=O)OCc1coc2c1C(=O)C(=O)c1c-2ccc2c1CC[C@H](O)C2(C)C. The monoisotopic (exact) mass is 368 g/mol. The first-order valence-corrected chi connectivity index (χ1v) is 8.91. The van der Waals surface area contributed by atoms with Crippen LogP contribution >= 0.6 is 0 Å². The predicted molar refractivity (Wildman–Crippen MR) is 95.6 cm³/mol. The summed E-state index contributed by atoms with van der Waals surface area (Å²) in [5.74, 6) is -1.36. The van der Waals surface area contributed by atoms with Crippen LogP contribution in [0, 0.1) is 0 Å². The molecule has 0 amide bonds. The van der Waals surface area contributed by atoms with Gasteiger partial charge in [-0.1, -0.05) is 26.0 Å². The summed E-state index contributed by atoms with van der Waals surface area (Å²) in [6.45, 7) is 5.03.